The SMILES string of the molecule is O=C1c2cc(Br)c3c4c(c(-n5nnc6ccccc65)cc(c24)C(=O)N1C1CCCCC1)C(=O)N(C1CCCCC1)C3=O. The predicted octanol–water partition coefficient (Wildman–Crippen LogP) is 6.19. The highest BCUT2D eigenvalue weighted by molar-refractivity contribution is 9.10. The second kappa shape index (κ2) is 9.55. The summed E-state index contributed by atoms with van der Waals surface area (Å²) in [7, 11) is 0. The van der Waals surface area contributed by atoms with Gasteiger partial charge in [0.1, 0.15) is 5.52 Å². The van der Waals surface area contributed by atoms with Crippen LogP contribution in [0.5, 0.6) is 0 Å². The number of hydrogen-bond acceptors (Lipinski definition) is 6. The van der Waals surface area contributed by atoms with Gasteiger partial charge in [-0.15, -0.1) is 5.10 Å². The number of benzene rings is 3. The molecule has 10 heteroatoms. The summed E-state index contributed by atoms with van der Waals surface area (Å²) >= 11 is 3.62. The summed E-state index contributed by atoms with van der Waals surface area (Å²) in [6.45, 7) is 0. The fourth-order valence-electron chi connectivity index (χ4n) is 7.59. The van der Waals surface area contributed by atoms with Crippen LogP contribution in [0.2, 0.25) is 0 Å². The molecule has 4 aliphatic rings. The number of fused-ring (bicyclic) bond motifs is 1. The largest absolute Gasteiger partial charge is 0.271 e. The Hall–Kier alpha value is -3.92. The zero-order valence-corrected chi connectivity index (χ0v) is 24.5. The number of amides is 4. The van der Waals surface area contributed by atoms with Crippen molar-refractivity contribution < 1.29 is 19.2 Å². The standard InChI is InChI=1S/C32H28BrN5O4/c33-21-15-19-25-20(30(40)36(29(19)39)17-9-3-1-4-10-17)16-24(38-23-14-8-7-13-22(23)34-35-38)27-28(25)26(21)31(41)37(32(27)42)18-11-5-2-6-12-18/h7-8,13-18H,1-6,9-12H2. The zero-order valence-electron chi connectivity index (χ0n) is 22.9. The fraction of sp³-hybridized carbons (Fsp3) is 0.375. The van der Waals surface area contributed by atoms with Crippen molar-refractivity contribution in [2.45, 2.75) is 76.3 Å². The van der Waals surface area contributed by atoms with Crippen molar-refractivity contribution in [3.8, 4) is 5.69 Å². The van der Waals surface area contributed by atoms with Crippen LogP contribution in [0.3, 0.4) is 0 Å². The molecule has 0 bridgehead atoms. The molecule has 9 nitrogen and oxygen atoms in total. The Morgan fingerprint density at radius 3 is 1.90 bits per heavy atom. The summed E-state index contributed by atoms with van der Waals surface area (Å²) < 4.78 is 2.04. The van der Waals surface area contributed by atoms with Crippen LogP contribution < -0.4 is 0 Å². The number of aromatic nitrogens is 3. The van der Waals surface area contributed by atoms with E-state index in [9.17, 15) is 19.2 Å². The zero-order chi connectivity index (χ0) is 28.7. The average molecular weight is 627 g/mol. The van der Waals surface area contributed by atoms with E-state index >= 15 is 0 Å². The first kappa shape index (κ1) is 25.8. The Labute approximate surface area is 249 Å². The van der Waals surface area contributed by atoms with Gasteiger partial charge in [0, 0.05) is 32.9 Å². The average Bonchev–Trinajstić information content (AvgIpc) is 3.44. The molecule has 4 aromatic rings. The maximum absolute atomic E-state index is 14.5. The van der Waals surface area contributed by atoms with Crippen LogP contribution in [0.1, 0.15) is 106 Å². The smallest absolute Gasteiger partial charge is 0.263 e. The fourth-order valence-corrected chi connectivity index (χ4v) is 8.19. The van der Waals surface area contributed by atoms with Gasteiger partial charge < -0.3 is 0 Å². The normalized spacial score (nSPS) is 19.9. The summed E-state index contributed by atoms with van der Waals surface area (Å²) in [5.41, 5.74) is 2.94. The summed E-state index contributed by atoms with van der Waals surface area (Å²) in [5, 5.41) is 9.47. The maximum atomic E-state index is 14.5. The number of carbonyl (C=O) groups excluding carboxylic acids is 4. The number of para-hydroxylation sites is 1. The molecular formula is C32H28BrN5O4. The van der Waals surface area contributed by atoms with Crippen molar-refractivity contribution in [3.05, 3.63) is 63.1 Å². The number of nitrogens with zero attached hydrogens (tertiary/aromatic N) is 5. The summed E-state index contributed by atoms with van der Waals surface area (Å²) in [6.07, 6.45) is 9.01. The van der Waals surface area contributed by atoms with Gasteiger partial charge in [0.05, 0.1) is 27.9 Å². The van der Waals surface area contributed by atoms with Crippen LogP contribution in [-0.4, -0.2) is 60.5 Å². The molecule has 8 rings (SSSR count). The first-order chi connectivity index (χ1) is 20.5. The van der Waals surface area contributed by atoms with Crippen LogP contribution in [0.25, 0.3) is 27.5 Å². The van der Waals surface area contributed by atoms with Crippen molar-refractivity contribution >= 4 is 61.4 Å². The van der Waals surface area contributed by atoms with E-state index in [1.165, 1.54) is 9.80 Å². The van der Waals surface area contributed by atoms with E-state index < -0.39 is 5.91 Å². The third kappa shape index (κ3) is 3.53. The Morgan fingerprint density at radius 1 is 0.667 bits per heavy atom. The molecule has 3 heterocycles. The van der Waals surface area contributed by atoms with Crippen LogP contribution >= 0.6 is 15.9 Å². The van der Waals surface area contributed by atoms with Crippen LogP contribution in [-0.2, 0) is 0 Å². The van der Waals surface area contributed by atoms with Crippen LogP contribution in [0.15, 0.2) is 40.9 Å². The van der Waals surface area contributed by atoms with Crippen molar-refractivity contribution in [2.24, 2.45) is 0 Å². The second-order valence-electron chi connectivity index (χ2n) is 11.9. The molecule has 0 spiro atoms. The minimum atomic E-state index is -0.417. The predicted molar refractivity (Wildman–Crippen MR) is 159 cm³/mol. The van der Waals surface area contributed by atoms with Gasteiger partial charge in [0.2, 0.25) is 0 Å². The third-order valence-corrected chi connectivity index (χ3v) is 10.2. The maximum Gasteiger partial charge on any atom is 0.263 e. The lowest BCUT2D eigenvalue weighted by molar-refractivity contribution is 0.0480. The second-order valence-corrected chi connectivity index (χ2v) is 12.7. The van der Waals surface area contributed by atoms with Gasteiger partial charge in [-0.1, -0.05) is 55.9 Å². The lowest BCUT2D eigenvalue weighted by atomic mass is 9.82. The molecule has 0 radical (unpaired) electrons. The number of imide groups is 2. The van der Waals surface area contributed by atoms with Crippen molar-refractivity contribution in [3.63, 3.8) is 0 Å². The van der Waals surface area contributed by atoms with Gasteiger partial charge in [0.25, 0.3) is 23.6 Å². The molecule has 42 heavy (non-hydrogen) atoms. The summed E-state index contributed by atoms with van der Waals surface area (Å²) in [5.74, 6) is -1.57. The topological polar surface area (TPSA) is 105 Å². The first-order valence-corrected chi connectivity index (χ1v) is 15.6. The Balaban J connectivity index is 1.45. The number of halogens is 1. The van der Waals surface area contributed by atoms with Crippen molar-refractivity contribution in [2.75, 3.05) is 0 Å². The van der Waals surface area contributed by atoms with E-state index in [-0.39, 0.29) is 35.4 Å². The molecule has 2 fully saturated rings. The lowest BCUT2D eigenvalue weighted by Crippen LogP contribution is -2.50. The molecule has 0 saturated heterocycles. The molecule has 2 aliphatic carbocycles. The molecule has 0 unspecified atom stereocenters. The van der Waals surface area contributed by atoms with E-state index in [1.807, 2.05) is 24.3 Å². The first-order valence-electron chi connectivity index (χ1n) is 14.9. The monoisotopic (exact) mass is 625 g/mol. The molecule has 2 saturated carbocycles. The van der Waals surface area contributed by atoms with Gasteiger partial charge >= 0.3 is 0 Å². The van der Waals surface area contributed by atoms with Gasteiger partial charge in [0.15, 0.2) is 0 Å². The Kier molecular flexibility index (Phi) is 5.86. The molecule has 0 atom stereocenters. The minimum absolute atomic E-state index is 0.186. The molecular weight excluding hydrogens is 598 g/mol. The van der Waals surface area contributed by atoms with E-state index in [2.05, 4.69) is 26.2 Å². The molecule has 4 amide bonds. The molecule has 212 valence electrons. The Morgan fingerprint density at radius 2 is 1.24 bits per heavy atom. The summed E-state index contributed by atoms with van der Waals surface area (Å²) in [6, 6.07) is 10.4. The van der Waals surface area contributed by atoms with Crippen LogP contribution in [0, 0.1) is 0 Å². The van der Waals surface area contributed by atoms with Gasteiger partial charge in [-0.3, -0.25) is 29.0 Å². The quantitative estimate of drug-likeness (QED) is 0.251. The van der Waals surface area contributed by atoms with Gasteiger partial charge in [-0.25, -0.2) is 4.68 Å². The van der Waals surface area contributed by atoms with Gasteiger partial charge in [-0.2, -0.15) is 0 Å². The lowest BCUT2D eigenvalue weighted by Gasteiger charge is -2.39. The Bertz CT molecular complexity index is 1870. The summed E-state index contributed by atoms with van der Waals surface area (Å²) in [4.78, 5) is 59.8. The molecule has 2 aliphatic heterocycles. The third-order valence-electron chi connectivity index (χ3n) is 9.56. The highest BCUT2D eigenvalue weighted by atomic mass is 79.9. The molecule has 1 aromatic heterocycles. The number of carbonyl (C=O) groups is 4. The molecule has 3 aromatic carbocycles. The van der Waals surface area contributed by atoms with Crippen molar-refractivity contribution in [1.29, 1.82) is 0 Å². The highest BCUT2D eigenvalue weighted by Crippen LogP contribution is 2.46. The van der Waals surface area contributed by atoms with Crippen LogP contribution in [0.4, 0.5) is 0 Å². The van der Waals surface area contributed by atoms with E-state index in [1.54, 1.807) is 16.8 Å². The number of rotatable bonds is 3. The molecule has 0 N–H and O–H groups in total. The van der Waals surface area contributed by atoms with E-state index in [0.717, 1.165) is 64.2 Å². The van der Waals surface area contributed by atoms with Crippen molar-refractivity contribution in [1.82, 2.24) is 24.8 Å². The van der Waals surface area contributed by atoms with E-state index in [4.69, 9.17) is 0 Å². The van der Waals surface area contributed by atoms with Gasteiger partial charge in [-0.05, 0) is 65.9 Å². The number of hydrogen-bond donors (Lipinski definition) is 0. The minimum Gasteiger partial charge on any atom is -0.271 e. The van der Waals surface area contributed by atoms with E-state index in [0.29, 0.717) is 48.7 Å². The highest BCUT2D eigenvalue weighted by Gasteiger charge is 2.46.